The van der Waals surface area contributed by atoms with Crippen LogP contribution in [-0.4, -0.2) is 22.5 Å². The summed E-state index contributed by atoms with van der Waals surface area (Å²) in [6.45, 7) is 6.95. The van der Waals surface area contributed by atoms with Gasteiger partial charge < -0.3 is 9.47 Å². The van der Waals surface area contributed by atoms with Gasteiger partial charge in [-0.15, -0.1) is 0 Å². The van der Waals surface area contributed by atoms with Crippen molar-refractivity contribution >= 4 is 64.9 Å². The van der Waals surface area contributed by atoms with Gasteiger partial charge in [-0.2, -0.15) is 9.78 Å². The lowest BCUT2D eigenvalue weighted by Gasteiger charge is -2.16. The number of unbranched alkanes of at least 4 members (excludes halogenated alkanes) is 1. The number of halogens is 3. The number of hydrogen-bond acceptors (Lipinski definition) is 5. The average Bonchev–Trinajstić information content (AvgIpc) is 2.90. The molecule has 4 rings (SSSR count). The number of rotatable bonds is 10. The SMILES string of the molecule is CCCCc1nc2ccc(Br)cc2c(=O)n1N=Cc1cc(OCC)c(OCc2cccc(C)c2)c(Br)c1Br. The van der Waals surface area contributed by atoms with E-state index in [0.717, 1.165) is 32.9 Å². The van der Waals surface area contributed by atoms with E-state index < -0.39 is 0 Å². The summed E-state index contributed by atoms with van der Waals surface area (Å²) in [5, 5.41) is 5.11. The van der Waals surface area contributed by atoms with Crippen LogP contribution in [0.15, 0.2) is 71.8 Å². The summed E-state index contributed by atoms with van der Waals surface area (Å²) in [6.07, 6.45) is 4.18. The minimum absolute atomic E-state index is 0.211. The summed E-state index contributed by atoms with van der Waals surface area (Å²) in [4.78, 5) is 18.2. The zero-order valence-electron chi connectivity index (χ0n) is 21.4. The molecule has 3 aromatic carbocycles. The van der Waals surface area contributed by atoms with E-state index in [2.05, 4.69) is 78.9 Å². The molecule has 38 heavy (non-hydrogen) atoms. The van der Waals surface area contributed by atoms with E-state index in [1.807, 2.05) is 37.3 Å². The zero-order valence-corrected chi connectivity index (χ0v) is 26.2. The van der Waals surface area contributed by atoms with Gasteiger partial charge in [-0.25, -0.2) is 4.98 Å². The molecule has 0 amide bonds. The van der Waals surface area contributed by atoms with Gasteiger partial charge in [-0.3, -0.25) is 4.79 Å². The maximum atomic E-state index is 13.4. The van der Waals surface area contributed by atoms with Gasteiger partial charge in [0.05, 0.1) is 28.2 Å². The van der Waals surface area contributed by atoms with Crippen molar-refractivity contribution in [2.24, 2.45) is 5.10 Å². The Morgan fingerprint density at radius 2 is 1.84 bits per heavy atom. The molecule has 0 bridgehead atoms. The molecule has 0 N–H and O–H groups in total. The largest absolute Gasteiger partial charge is 0.490 e. The quantitative estimate of drug-likeness (QED) is 0.156. The Kier molecular flexibility index (Phi) is 9.79. The summed E-state index contributed by atoms with van der Waals surface area (Å²) in [7, 11) is 0. The van der Waals surface area contributed by atoms with Crippen LogP contribution in [0.1, 0.15) is 49.2 Å². The molecular formula is C29H28Br3N3O3. The van der Waals surface area contributed by atoms with E-state index >= 15 is 0 Å². The number of aryl methyl sites for hydroxylation is 2. The van der Waals surface area contributed by atoms with Crippen LogP contribution in [0, 0.1) is 6.92 Å². The molecule has 0 aliphatic heterocycles. The van der Waals surface area contributed by atoms with Crippen LogP contribution < -0.4 is 15.0 Å². The fourth-order valence-electron chi connectivity index (χ4n) is 3.98. The molecule has 0 unspecified atom stereocenters. The highest BCUT2D eigenvalue weighted by Gasteiger charge is 2.18. The third-order valence-electron chi connectivity index (χ3n) is 5.86. The van der Waals surface area contributed by atoms with Crippen molar-refractivity contribution in [3.63, 3.8) is 0 Å². The smallest absolute Gasteiger partial charge is 0.282 e. The van der Waals surface area contributed by atoms with E-state index in [0.29, 0.717) is 52.3 Å². The molecule has 0 saturated carbocycles. The number of hydrogen-bond donors (Lipinski definition) is 0. The Morgan fingerprint density at radius 1 is 1.03 bits per heavy atom. The highest BCUT2D eigenvalue weighted by atomic mass is 79.9. The number of fused-ring (bicyclic) bond motifs is 1. The lowest BCUT2D eigenvalue weighted by molar-refractivity contribution is 0.267. The monoisotopic (exact) mass is 703 g/mol. The normalized spacial score (nSPS) is 11.4. The second-order valence-corrected chi connectivity index (χ2v) is 11.3. The van der Waals surface area contributed by atoms with Crippen molar-refractivity contribution in [1.29, 1.82) is 0 Å². The molecule has 1 aromatic heterocycles. The van der Waals surface area contributed by atoms with Crippen LogP contribution in [-0.2, 0) is 13.0 Å². The molecule has 9 heteroatoms. The molecule has 0 atom stereocenters. The van der Waals surface area contributed by atoms with Crippen LogP contribution in [0.3, 0.4) is 0 Å². The summed E-state index contributed by atoms with van der Waals surface area (Å²) >= 11 is 10.8. The first-order chi connectivity index (χ1) is 18.3. The maximum Gasteiger partial charge on any atom is 0.282 e. The minimum Gasteiger partial charge on any atom is -0.490 e. The van der Waals surface area contributed by atoms with Gasteiger partial charge in [0.25, 0.3) is 5.56 Å². The predicted molar refractivity (Wildman–Crippen MR) is 164 cm³/mol. The molecule has 1 heterocycles. The summed E-state index contributed by atoms with van der Waals surface area (Å²) in [5.74, 6) is 1.80. The summed E-state index contributed by atoms with van der Waals surface area (Å²) < 4.78 is 15.8. The van der Waals surface area contributed by atoms with E-state index in [9.17, 15) is 4.79 Å². The van der Waals surface area contributed by atoms with E-state index in [-0.39, 0.29) is 5.56 Å². The van der Waals surface area contributed by atoms with Crippen LogP contribution >= 0.6 is 47.8 Å². The molecule has 0 spiro atoms. The van der Waals surface area contributed by atoms with Gasteiger partial charge in [-0.1, -0.05) is 59.1 Å². The van der Waals surface area contributed by atoms with Gasteiger partial charge in [0.15, 0.2) is 11.5 Å². The predicted octanol–water partition coefficient (Wildman–Crippen LogP) is 8.19. The first kappa shape index (κ1) is 28.5. The van der Waals surface area contributed by atoms with E-state index in [4.69, 9.17) is 14.5 Å². The van der Waals surface area contributed by atoms with Crippen LogP contribution in [0.4, 0.5) is 0 Å². The first-order valence-corrected chi connectivity index (χ1v) is 14.8. The maximum absolute atomic E-state index is 13.4. The van der Waals surface area contributed by atoms with Crippen LogP contribution in [0.5, 0.6) is 11.5 Å². The molecule has 198 valence electrons. The Labute approximate surface area is 247 Å². The molecule has 0 saturated heterocycles. The second-order valence-electron chi connectivity index (χ2n) is 8.79. The fourth-order valence-corrected chi connectivity index (χ4v) is 5.28. The van der Waals surface area contributed by atoms with E-state index in [1.54, 1.807) is 12.3 Å². The van der Waals surface area contributed by atoms with Crippen molar-refractivity contribution in [2.45, 2.75) is 46.6 Å². The van der Waals surface area contributed by atoms with Crippen LogP contribution in [0.2, 0.25) is 0 Å². The Bertz CT molecular complexity index is 1550. The average molecular weight is 706 g/mol. The lowest BCUT2D eigenvalue weighted by atomic mass is 10.1. The number of ether oxygens (including phenoxy) is 2. The molecule has 6 nitrogen and oxygen atoms in total. The first-order valence-electron chi connectivity index (χ1n) is 12.4. The number of nitrogens with zero attached hydrogens (tertiary/aromatic N) is 3. The second kappa shape index (κ2) is 13.0. The third kappa shape index (κ3) is 6.55. The molecule has 0 aliphatic rings. The van der Waals surface area contributed by atoms with Gasteiger partial charge >= 0.3 is 0 Å². The Balaban J connectivity index is 1.74. The minimum atomic E-state index is -0.211. The van der Waals surface area contributed by atoms with Gasteiger partial charge in [0.1, 0.15) is 12.4 Å². The van der Waals surface area contributed by atoms with Crippen molar-refractivity contribution in [3.8, 4) is 11.5 Å². The van der Waals surface area contributed by atoms with Crippen LogP contribution in [0.25, 0.3) is 10.9 Å². The van der Waals surface area contributed by atoms with Gasteiger partial charge in [-0.05, 0) is 82.0 Å². The van der Waals surface area contributed by atoms with Crippen molar-refractivity contribution in [3.05, 3.63) is 94.8 Å². The fraction of sp³-hybridized carbons (Fsp3) is 0.276. The summed E-state index contributed by atoms with van der Waals surface area (Å²) in [6, 6.07) is 15.6. The number of benzene rings is 3. The molecule has 0 radical (unpaired) electrons. The Hall–Kier alpha value is -2.49. The Morgan fingerprint density at radius 3 is 2.58 bits per heavy atom. The van der Waals surface area contributed by atoms with Crippen molar-refractivity contribution < 1.29 is 9.47 Å². The molecular weight excluding hydrogens is 678 g/mol. The highest BCUT2D eigenvalue weighted by Crippen LogP contribution is 2.43. The standard InChI is InChI=1S/C29H28Br3N3O3/c1-4-6-10-25-34-23-12-11-21(30)15-22(23)29(36)35(25)33-16-20-14-24(37-5-2)28(27(32)26(20)31)38-17-19-9-7-8-18(3)13-19/h7-9,11-16H,4-6,10,17H2,1-3H3. The van der Waals surface area contributed by atoms with Gasteiger partial charge in [0, 0.05) is 20.9 Å². The number of aromatic nitrogens is 2. The third-order valence-corrected chi connectivity index (χ3v) is 8.50. The topological polar surface area (TPSA) is 65.7 Å². The zero-order chi connectivity index (χ0) is 27.2. The van der Waals surface area contributed by atoms with Gasteiger partial charge in [0.2, 0.25) is 0 Å². The van der Waals surface area contributed by atoms with Crippen molar-refractivity contribution in [2.75, 3.05) is 6.61 Å². The molecule has 0 aliphatic carbocycles. The van der Waals surface area contributed by atoms with E-state index in [1.165, 1.54) is 10.2 Å². The molecule has 0 fully saturated rings. The lowest BCUT2D eigenvalue weighted by Crippen LogP contribution is -2.22. The van der Waals surface area contributed by atoms with Crippen molar-refractivity contribution in [1.82, 2.24) is 9.66 Å². The molecule has 4 aromatic rings. The summed E-state index contributed by atoms with van der Waals surface area (Å²) in [5.41, 5.74) is 3.42. The highest BCUT2D eigenvalue weighted by molar-refractivity contribution is 9.13.